The second kappa shape index (κ2) is 7.58. The summed E-state index contributed by atoms with van der Waals surface area (Å²) in [7, 11) is 0. The van der Waals surface area contributed by atoms with Crippen molar-refractivity contribution in [3.63, 3.8) is 0 Å². The first-order valence-corrected chi connectivity index (χ1v) is 8.20. The Morgan fingerprint density at radius 3 is 2.65 bits per heavy atom. The minimum Gasteiger partial charge on any atom is -0.314 e. The molecule has 1 unspecified atom stereocenters. The van der Waals surface area contributed by atoms with E-state index in [2.05, 4.69) is 33.2 Å². The summed E-state index contributed by atoms with van der Waals surface area (Å²) in [6.45, 7) is 1.05. The minimum absolute atomic E-state index is 0.181. The first-order chi connectivity index (χ1) is 9.72. The highest BCUT2D eigenvalue weighted by atomic mass is 127. The molecule has 3 amide bonds. The van der Waals surface area contributed by atoms with Gasteiger partial charge in [0.05, 0.1) is 0 Å². The van der Waals surface area contributed by atoms with Crippen LogP contribution in [0, 0.1) is 0 Å². The van der Waals surface area contributed by atoms with Crippen molar-refractivity contribution in [2.75, 3.05) is 11.0 Å². The van der Waals surface area contributed by atoms with E-state index in [0.29, 0.717) is 13.1 Å². The second-order valence-corrected chi connectivity index (χ2v) is 5.71. The van der Waals surface area contributed by atoms with Crippen LogP contribution in [0.25, 0.3) is 0 Å². The second-order valence-electron chi connectivity index (χ2n) is 4.63. The Morgan fingerprint density at radius 1 is 1.20 bits per heavy atom. The number of rotatable bonds is 7. The molecular weight excluding hydrogens is 369 g/mol. The van der Waals surface area contributed by atoms with Gasteiger partial charge in [0.25, 0.3) is 5.91 Å². The summed E-state index contributed by atoms with van der Waals surface area (Å²) in [4.78, 5) is 25.2. The lowest BCUT2D eigenvalue weighted by molar-refractivity contribution is -0.128. The van der Waals surface area contributed by atoms with Gasteiger partial charge < -0.3 is 5.32 Å². The average molecular weight is 387 g/mol. The fraction of sp³-hybridized carbons (Fsp3) is 0.429. The number of halogens is 1. The van der Waals surface area contributed by atoms with Gasteiger partial charge in [-0.25, -0.2) is 4.79 Å². The summed E-state index contributed by atoms with van der Waals surface area (Å²) in [5.74, 6) is -0.181. The summed E-state index contributed by atoms with van der Waals surface area (Å²) >= 11 is 2.29. The smallest absolute Gasteiger partial charge is 0.314 e. The number of hydrogen-bond donors (Lipinski definition) is 2. The SMILES string of the molecule is O=C1NC(NCc2ccccc2)C(=O)N1CCCCI. The molecule has 0 saturated carbocycles. The molecule has 1 fully saturated rings. The molecule has 5 nitrogen and oxygen atoms in total. The highest BCUT2D eigenvalue weighted by molar-refractivity contribution is 14.1. The lowest BCUT2D eigenvalue weighted by Gasteiger charge is -2.13. The molecule has 108 valence electrons. The van der Waals surface area contributed by atoms with Gasteiger partial charge in [0.2, 0.25) is 0 Å². The van der Waals surface area contributed by atoms with Crippen molar-refractivity contribution in [1.29, 1.82) is 0 Å². The van der Waals surface area contributed by atoms with Crippen LogP contribution >= 0.6 is 22.6 Å². The molecule has 2 N–H and O–H groups in total. The molecule has 0 radical (unpaired) electrons. The highest BCUT2D eigenvalue weighted by Crippen LogP contribution is 2.08. The van der Waals surface area contributed by atoms with E-state index in [1.165, 1.54) is 4.90 Å². The van der Waals surface area contributed by atoms with Gasteiger partial charge in [-0.1, -0.05) is 52.9 Å². The van der Waals surface area contributed by atoms with Crippen molar-refractivity contribution in [2.24, 2.45) is 0 Å². The Labute approximate surface area is 132 Å². The number of unbranched alkanes of at least 4 members (excludes halogenated alkanes) is 1. The molecule has 1 saturated heterocycles. The van der Waals surface area contributed by atoms with Gasteiger partial charge in [0.1, 0.15) is 0 Å². The number of imide groups is 1. The molecule has 0 aromatic heterocycles. The van der Waals surface area contributed by atoms with Crippen LogP contribution in [0.4, 0.5) is 4.79 Å². The van der Waals surface area contributed by atoms with E-state index < -0.39 is 6.17 Å². The van der Waals surface area contributed by atoms with Gasteiger partial charge in [-0.3, -0.25) is 15.0 Å². The average Bonchev–Trinajstić information content (AvgIpc) is 2.74. The van der Waals surface area contributed by atoms with Crippen LogP contribution in [0.15, 0.2) is 30.3 Å². The number of carbonyl (C=O) groups excluding carboxylic acids is 2. The fourth-order valence-electron chi connectivity index (χ4n) is 2.05. The molecule has 0 aliphatic carbocycles. The third-order valence-corrected chi connectivity index (χ3v) is 3.91. The Bertz CT molecular complexity index is 467. The van der Waals surface area contributed by atoms with Crippen LogP contribution < -0.4 is 10.6 Å². The van der Waals surface area contributed by atoms with Gasteiger partial charge in [0.15, 0.2) is 6.17 Å². The molecule has 20 heavy (non-hydrogen) atoms. The van der Waals surface area contributed by atoms with E-state index in [4.69, 9.17) is 0 Å². The summed E-state index contributed by atoms with van der Waals surface area (Å²) in [5, 5.41) is 5.75. The molecule has 1 aliphatic rings. The predicted octanol–water partition coefficient (Wildman–Crippen LogP) is 1.87. The maximum atomic E-state index is 12.1. The van der Waals surface area contributed by atoms with Crippen LogP contribution in [0.1, 0.15) is 18.4 Å². The largest absolute Gasteiger partial charge is 0.325 e. The summed E-state index contributed by atoms with van der Waals surface area (Å²) in [6.07, 6.45) is 1.26. The molecule has 2 rings (SSSR count). The normalized spacial score (nSPS) is 18.4. The Kier molecular flexibility index (Phi) is 5.78. The third kappa shape index (κ3) is 3.92. The minimum atomic E-state index is -0.609. The summed E-state index contributed by atoms with van der Waals surface area (Å²) < 4.78 is 1.04. The fourth-order valence-corrected chi connectivity index (χ4v) is 2.59. The Balaban J connectivity index is 1.84. The van der Waals surface area contributed by atoms with E-state index in [1.807, 2.05) is 30.3 Å². The van der Waals surface area contributed by atoms with Crippen molar-refractivity contribution in [2.45, 2.75) is 25.6 Å². The maximum Gasteiger partial charge on any atom is 0.325 e. The van der Waals surface area contributed by atoms with E-state index in [-0.39, 0.29) is 11.9 Å². The number of alkyl halides is 1. The van der Waals surface area contributed by atoms with Crippen LogP contribution in [0.5, 0.6) is 0 Å². The number of nitrogens with one attached hydrogen (secondary N) is 2. The number of urea groups is 1. The number of benzene rings is 1. The van der Waals surface area contributed by atoms with Crippen molar-refractivity contribution >= 4 is 34.5 Å². The van der Waals surface area contributed by atoms with E-state index in [0.717, 1.165) is 22.8 Å². The highest BCUT2D eigenvalue weighted by Gasteiger charge is 2.36. The first-order valence-electron chi connectivity index (χ1n) is 6.67. The van der Waals surface area contributed by atoms with Gasteiger partial charge in [-0.15, -0.1) is 0 Å². The lowest BCUT2D eigenvalue weighted by atomic mass is 10.2. The molecule has 1 atom stereocenters. The molecule has 1 heterocycles. The zero-order chi connectivity index (χ0) is 14.4. The summed E-state index contributed by atoms with van der Waals surface area (Å²) in [6, 6.07) is 9.50. The standard InChI is InChI=1S/C14H18IN3O2/c15-8-4-5-9-18-13(19)12(17-14(18)20)16-10-11-6-2-1-3-7-11/h1-3,6-7,12,16H,4-5,8-10H2,(H,17,20). The number of amides is 3. The van der Waals surface area contributed by atoms with Crippen molar-refractivity contribution in [1.82, 2.24) is 15.5 Å². The Morgan fingerprint density at radius 2 is 1.95 bits per heavy atom. The van der Waals surface area contributed by atoms with E-state index in [1.54, 1.807) is 0 Å². The Hall–Kier alpha value is -1.15. The van der Waals surface area contributed by atoms with E-state index in [9.17, 15) is 9.59 Å². The molecule has 1 aromatic carbocycles. The zero-order valence-corrected chi connectivity index (χ0v) is 13.3. The van der Waals surface area contributed by atoms with Gasteiger partial charge in [-0.05, 0) is 22.8 Å². The van der Waals surface area contributed by atoms with Gasteiger partial charge in [-0.2, -0.15) is 0 Å². The quantitative estimate of drug-likeness (QED) is 0.325. The number of nitrogens with zero attached hydrogens (tertiary/aromatic N) is 1. The van der Waals surface area contributed by atoms with Gasteiger partial charge >= 0.3 is 6.03 Å². The van der Waals surface area contributed by atoms with Crippen LogP contribution in [-0.4, -0.2) is 34.0 Å². The van der Waals surface area contributed by atoms with Crippen LogP contribution in [0.2, 0.25) is 0 Å². The topological polar surface area (TPSA) is 61.4 Å². The van der Waals surface area contributed by atoms with Crippen molar-refractivity contribution < 1.29 is 9.59 Å². The van der Waals surface area contributed by atoms with Crippen LogP contribution in [0.3, 0.4) is 0 Å². The zero-order valence-electron chi connectivity index (χ0n) is 11.1. The number of hydrogen-bond acceptors (Lipinski definition) is 3. The molecule has 1 aromatic rings. The van der Waals surface area contributed by atoms with E-state index >= 15 is 0 Å². The van der Waals surface area contributed by atoms with Crippen molar-refractivity contribution in [3.05, 3.63) is 35.9 Å². The van der Waals surface area contributed by atoms with Gasteiger partial charge in [0, 0.05) is 13.1 Å². The lowest BCUT2D eigenvalue weighted by Crippen LogP contribution is -2.43. The first kappa shape index (κ1) is 15.2. The molecule has 0 spiro atoms. The van der Waals surface area contributed by atoms with Crippen LogP contribution in [-0.2, 0) is 11.3 Å². The van der Waals surface area contributed by atoms with Crippen molar-refractivity contribution in [3.8, 4) is 0 Å². The monoisotopic (exact) mass is 387 g/mol. The molecule has 6 heteroatoms. The number of carbonyl (C=O) groups is 2. The third-order valence-electron chi connectivity index (χ3n) is 3.14. The summed E-state index contributed by atoms with van der Waals surface area (Å²) in [5.41, 5.74) is 1.08. The molecule has 1 aliphatic heterocycles. The maximum absolute atomic E-state index is 12.1. The predicted molar refractivity (Wildman–Crippen MR) is 85.4 cm³/mol. The molecule has 0 bridgehead atoms. The molecular formula is C14H18IN3O2.